The van der Waals surface area contributed by atoms with Crippen LogP contribution in [0.2, 0.25) is 0 Å². The van der Waals surface area contributed by atoms with Crippen molar-refractivity contribution in [2.24, 2.45) is 0 Å². The van der Waals surface area contributed by atoms with Gasteiger partial charge in [0.2, 0.25) is 10.0 Å². The van der Waals surface area contributed by atoms with Crippen LogP contribution in [0.4, 0.5) is 0 Å². The van der Waals surface area contributed by atoms with E-state index in [-0.39, 0.29) is 43.6 Å². The average Bonchev–Trinajstić information content (AvgIpc) is 2.70. The molecule has 1 aliphatic rings. The van der Waals surface area contributed by atoms with Crippen molar-refractivity contribution in [3.8, 4) is 0 Å². The predicted molar refractivity (Wildman–Crippen MR) is 106 cm³/mol. The number of piperazine rings is 1. The number of ether oxygens (including phenoxy) is 1. The summed E-state index contributed by atoms with van der Waals surface area (Å²) in [6, 6.07) is 6.92. The van der Waals surface area contributed by atoms with Gasteiger partial charge < -0.3 is 9.64 Å². The first-order chi connectivity index (χ1) is 13.3. The second kappa shape index (κ2) is 9.84. The number of hydrogen-bond acceptors (Lipinski definition) is 5. The maximum atomic E-state index is 12.8. The number of carbonyl (C=O) groups is 2. The molecule has 0 spiro atoms. The van der Waals surface area contributed by atoms with Crippen LogP contribution in [-0.2, 0) is 24.3 Å². The zero-order valence-electron chi connectivity index (χ0n) is 16.6. The molecule has 1 amide bonds. The smallest absolute Gasteiger partial charge is 0.330 e. The number of sulfonamides is 1. The van der Waals surface area contributed by atoms with Gasteiger partial charge in [0.1, 0.15) is 0 Å². The van der Waals surface area contributed by atoms with Gasteiger partial charge in [-0.3, -0.25) is 4.79 Å². The highest BCUT2D eigenvalue weighted by Crippen LogP contribution is 2.21. The van der Waals surface area contributed by atoms with E-state index in [2.05, 4.69) is 13.8 Å². The molecule has 1 fully saturated rings. The minimum atomic E-state index is -3.59. The Labute approximate surface area is 167 Å². The molecular weight excluding hydrogens is 380 g/mol. The van der Waals surface area contributed by atoms with Crippen molar-refractivity contribution in [1.29, 1.82) is 0 Å². The van der Waals surface area contributed by atoms with E-state index in [0.717, 1.165) is 5.56 Å². The minimum absolute atomic E-state index is 0.212. The number of carbonyl (C=O) groups excluding carboxylic acids is 2. The largest absolute Gasteiger partial charge is 0.452 e. The maximum absolute atomic E-state index is 12.8. The molecule has 0 N–H and O–H groups in total. The minimum Gasteiger partial charge on any atom is -0.452 e. The molecule has 0 radical (unpaired) electrons. The van der Waals surface area contributed by atoms with Crippen LogP contribution in [0.5, 0.6) is 0 Å². The predicted octanol–water partition coefficient (Wildman–Crippen LogP) is 2.15. The van der Waals surface area contributed by atoms with E-state index in [1.54, 1.807) is 18.2 Å². The summed E-state index contributed by atoms with van der Waals surface area (Å²) >= 11 is 0. The summed E-state index contributed by atoms with van der Waals surface area (Å²) in [5, 5.41) is 0. The van der Waals surface area contributed by atoms with E-state index in [1.807, 2.05) is 19.1 Å². The van der Waals surface area contributed by atoms with Crippen LogP contribution < -0.4 is 0 Å². The van der Waals surface area contributed by atoms with Gasteiger partial charge in [0.05, 0.1) is 4.90 Å². The first kappa shape index (κ1) is 22.1. The molecule has 7 nitrogen and oxygen atoms in total. The SMILES string of the molecule is CC/C=C/C(=O)OCC(=O)N1CCN(S(=O)(=O)c2ccc(C(C)C)cc2)CC1. The van der Waals surface area contributed by atoms with Crippen molar-refractivity contribution >= 4 is 21.9 Å². The van der Waals surface area contributed by atoms with Crippen molar-refractivity contribution in [2.45, 2.75) is 38.0 Å². The molecule has 0 saturated carbocycles. The Bertz CT molecular complexity index is 808. The van der Waals surface area contributed by atoms with Gasteiger partial charge in [-0.25, -0.2) is 13.2 Å². The van der Waals surface area contributed by atoms with Crippen molar-refractivity contribution in [2.75, 3.05) is 32.8 Å². The van der Waals surface area contributed by atoms with Gasteiger partial charge in [-0.05, 0) is 30.0 Å². The van der Waals surface area contributed by atoms with Crippen LogP contribution in [0.15, 0.2) is 41.3 Å². The van der Waals surface area contributed by atoms with Crippen LogP contribution in [0.1, 0.15) is 38.7 Å². The van der Waals surface area contributed by atoms with E-state index in [0.29, 0.717) is 12.3 Å². The number of amides is 1. The molecule has 1 aromatic rings. The van der Waals surface area contributed by atoms with Crippen LogP contribution in [-0.4, -0.2) is 62.3 Å². The lowest BCUT2D eigenvalue weighted by Gasteiger charge is -2.33. The van der Waals surface area contributed by atoms with Gasteiger partial charge in [-0.15, -0.1) is 0 Å². The lowest BCUT2D eigenvalue weighted by molar-refractivity contribution is -0.148. The zero-order valence-corrected chi connectivity index (χ0v) is 17.4. The average molecular weight is 409 g/mol. The van der Waals surface area contributed by atoms with Gasteiger partial charge in [0.15, 0.2) is 6.61 Å². The summed E-state index contributed by atoms with van der Waals surface area (Å²) in [6.07, 6.45) is 3.66. The van der Waals surface area contributed by atoms with Crippen LogP contribution in [0, 0.1) is 0 Å². The number of hydrogen-bond donors (Lipinski definition) is 0. The summed E-state index contributed by atoms with van der Waals surface area (Å²) in [4.78, 5) is 25.4. The standard InChI is InChI=1S/C20H28N2O5S/c1-4-5-6-20(24)27-15-19(23)21-11-13-22(14-12-21)28(25,26)18-9-7-17(8-10-18)16(2)3/h5-10,16H,4,11-15H2,1-3H3/b6-5+. The molecule has 0 aliphatic carbocycles. The van der Waals surface area contributed by atoms with E-state index >= 15 is 0 Å². The van der Waals surface area contributed by atoms with Gasteiger partial charge in [-0.2, -0.15) is 4.31 Å². The first-order valence-corrected chi connectivity index (χ1v) is 10.9. The summed E-state index contributed by atoms with van der Waals surface area (Å²) in [5.41, 5.74) is 1.08. The monoisotopic (exact) mass is 408 g/mol. The summed E-state index contributed by atoms with van der Waals surface area (Å²) in [5.74, 6) is -0.546. The van der Waals surface area contributed by atoms with E-state index in [9.17, 15) is 18.0 Å². The number of nitrogens with zero attached hydrogens (tertiary/aromatic N) is 2. The Morgan fingerprint density at radius 2 is 1.71 bits per heavy atom. The van der Waals surface area contributed by atoms with Crippen molar-refractivity contribution in [3.63, 3.8) is 0 Å². The zero-order chi connectivity index (χ0) is 20.7. The Balaban J connectivity index is 1.90. The first-order valence-electron chi connectivity index (χ1n) is 9.47. The molecular formula is C20H28N2O5S. The topological polar surface area (TPSA) is 84.0 Å². The molecule has 1 heterocycles. The van der Waals surface area contributed by atoms with Gasteiger partial charge >= 0.3 is 5.97 Å². The Morgan fingerprint density at radius 3 is 2.25 bits per heavy atom. The molecule has 0 atom stereocenters. The normalized spacial score (nSPS) is 15.9. The quantitative estimate of drug-likeness (QED) is 0.510. The number of rotatable bonds is 7. The fourth-order valence-electron chi connectivity index (χ4n) is 2.84. The fourth-order valence-corrected chi connectivity index (χ4v) is 4.26. The molecule has 0 bridgehead atoms. The van der Waals surface area contributed by atoms with Crippen molar-refractivity contribution < 1.29 is 22.7 Å². The molecule has 1 aromatic carbocycles. The van der Waals surface area contributed by atoms with E-state index in [4.69, 9.17) is 4.74 Å². The second-order valence-electron chi connectivity index (χ2n) is 6.93. The molecule has 154 valence electrons. The van der Waals surface area contributed by atoms with Crippen LogP contribution >= 0.6 is 0 Å². The third kappa shape index (κ3) is 5.65. The number of allylic oxidation sites excluding steroid dienone is 1. The summed E-state index contributed by atoms with van der Waals surface area (Å²) < 4.78 is 31.9. The van der Waals surface area contributed by atoms with E-state index in [1.165, 1.54) is 15.3 Å². The number of esters is 1. The molecule has 8 heteroatoms. The third-order valence-corrected chi connectivity index (χ3v) is 6.52. The number of benzene rings is 1. The lowest BCUT2D eigenvalue weighted by atomic mass is 10.0. The van der Waals surface area contributed by atoms with Crippen molar-refractivity contribution in [3.05, 3.63) is 42.0 Å². The van der Waals surface area contributed by atoms with Gasteiger partial charge in [-0.1, -0.05) is 39.0 Å². The Morgan fingerprint density at radius 1 is 1.11 bits per heavy atom. The highest BCUT2D eigenvalue weighted by molar-refractivity contribution is 7.89. The molecule has 1 saturated heterocycles. The Kier molecular flexibility index (Phi) is 7.77. The van der Waals surface area contributed by atoms with Gasteiger partial charge in [0, 0.05) is 32.3 Å². The summed E-state index contributed by atoms with van der Waals surface area (Å²) in [6.45, 7) is 6.62. The molecule has 0 aromatic heterocycles. The summed E-state index contributed by atoms with van der Waals surface area (Å²) in [7, 11) is -3.59. The molecule has 2 rings (SSSR count). The maximum Gasteiger partial charge on any atom is 0.330 e. The highest BCUT2D eigenvalue weighted by atomic mass is 32.2. The lowest BCUT2D eigenvalue weighted by Crippen LogP contribution is -2.51. The fraction of sp³-hybridized carbons (Fsp3) is 0.500. The van der Waals surface area contributed by atoms with E-state index < -0.39 is 16.0 Å². The molecule has 28 heavy (non-hydrogen) atoms. The molecule has 0 unspecified atom stereocenters. The van der Waals surface area contributed by atoms with Crippen molar-refractivity contribution in [1.82, 2.24) is 9.21 Å². The van der Waals surface area contributed by atoms with Gasteiger partial charge in [0.25, 0.3) is 5.91 Å². The second-order valence-corrected chi connectivity index (χ2v) is 8.86. The van der Waals surface area contributed by atoms with Crippen LogP contribution in [0.25, 0.3) is 0 Å². The highest BCUT2D eigenvalue weighted by Gasteiger charge is 2.30. The van der Waals surface area contributed by atoms with Crippen LogP contribution in [0.3, 0.4) is 0 Å². The molecule has 1 aliphatic heterocycles. The Hall–Kier alpha value is -2.19. The third-order valence-electron chi connectivity index (χ3n) is 4.60.